The normalized spacial score (nSPS) is 63.9. The van der Waals surface area contributed by atoms with Crippen LogP contribution in [-0.4, -0.2) is 11.2 Å². The van der Waals surface area contributed by atoms with E-state index in [4.69, 9.17) is 0 Å². The van der Waals surface area contributed by atoms with Crippen LogP contribution in [0, 0.1) is 23.7 Å². The molecule has 4 rings (SSSR count). The van der Waals surface area contributed by atoms with Gasteiger partial charge in [-0.05, 0) is 49.4 Å². The summed E-state index contributed by atoms with van der Waals surface area (Å²) >= 11 is 0. The third-order valence-corrected chi connectivity index (χ3v) is 3.96. The molecule has 56 valence electrons. The molecule has 0 saturated heterocycles. The fraction of sp³-hybridized carbons (Fsp3) is 1.00. The molecule has 2 bridgehead atoms. The molecule has 4 aliphatic rings. The van der Waals surface area contributed by atoms with E-state index < -0.39 is 0 Å². The summed E-state index contributed by atoms with van der Waals surface area (Å²) in [4.78, 5) is 0. The summed E-state index contributed by atoms with van der Waals surface area (Å²) in [5.41, 5.74) is 0. The van der Waals surface area contributed by atoms with E-state index in [0.29, 0.717) is 0 Å². The van der Waals surface area contributed by atoms with Gasteiger partial charge in [-0.2, -0.15) is 0 Å². The van der Waals surface area contributed by atoms with Crippen molar-refractivity contribution in [2.75, 3.05) is 0 Å². The summed E-state index contributed by atoms with van der Waals surface area (Å²) in [6.07, 6.45) is 5.41. The van der Waals surface area contributed by atoms with Gasteiger partial charge in [-0.1, -0.05) is 0 Å². The molecule has 0 amide bonds. The van der Waals surface area contributed by atoms with Crippen LogP contribution in [0.3, 0.4) is 0 Å². The molecule has 0 spiro atoms. The lowest BCUT2D eigenvalue weighted by Crippen LogP contribution is -2.37. The van der Waals surface area contributed by atoms with Crippen LogP contribution in [-0.2, 0) is 0 Å². The van der Waals surface area contributed by atoms with Crippen LogP contribution in [0.25, 0.3) is 0 Å². The SMILES string of the molecule is O[C@@H]1C[C@@H]2CC[C@H]1[C@@H]1C[C@H]21. The van der Waals surface area contributed by atoms with E-state index in [-0.39, 0.29) is 6.10 Å². The van der Waals surface area contributed by atoms with Crippen LogP contribution < -0.4 is 0 Å². The van der Waals surface area contributed by atoms with E-state index in [1.54, 1.807) is 0 Å². The number of rotatable bonds is 0. The molecule has 0 aromatic carbocycles. The van der Waals surface area contributed by atoms with Crippen LogP contribution in [0.4, 0.5) is 0 Å². The molecule has 1 nitrogen and oxygen atoms in total. The van der Waals surface area contributed by atoms with Crippen molar-refractivity contribution in [2.45, 2.75) is 31.8 Å². The molecular formula is C9H14O. The maximum Gasteiger partial charge on any atom is 0.0573 e. The van der Waals surface area contributed by atoms with Gasteiger partial charge in [0.2, 0.25) is 0 Å². The number of fused-ring (bicyclic) bond motifs is 2. The summed E-state index contributed by atoms with van der Waals surface area (Å²) in [6, 6.07) is 0. The van der Waals surface area contributed by atoms with E-state index in [2.05, 4.69) is 0 Å². The smallest absolute Gasteiger partial charge is 0.0573 e. The first-order chi connectivity index (χ1) is 4.86. The van der Waals surface area contributed by atoms with Crippen molar-refractivity contribution in [3.63, 3.8) is 0 Å². The minimum Gasteiger partial charge on any atom is -0.393 e. The van der Waals surface area contributed by atoms with Gasteiger partial charge in [0.05, 0.1) is 6.10 Å². The lowest BCUT2D eigenvalue weighted by atomic mass is 9.69. The zero-order valence-electron chi connectivity index (χ0n) is 6.16. The predicted octanol–water partition coefficient (Wildman–Crippen LogP) is 1.41. The standard InChI is InChI=1S/C9H14O/c10-9-3-5-1-2-6(9)8-4-7(5)8/h5-10H,1-4H2/t5-,6-,7+,8-,9+/m0/s1. The third-order valence-electron chi connectivity index (χ3n) is 3.96. The van der Waals surface area contributed by atoms with Crippen molar-refractivity contribution in [3.8, 4) is 0 Å². The second-order valence-corrected chi connectivity index (χ2v) is 4.37. The summed E-state index contributed by atoms with van der Waals surface area (Å²) in [7, 11) is 0. The summed E-state index contributed by atoms with van der Waals surface area (Å²) in [5.74, 6) is 3.66. The monoisotopic (exact) mass is 138 g/mol. The molecule has 0 heterocycles. The largest absolute Gasteiger partial charge is 0.393 e. The van der Waals surface area contributed by atoms with Gasteiger partial charge >= 0.3 is 0 Å². The topological polar surface area (TPSA) is 20.2 Å². The van der Waals surface area contributed by atoms with E-state index in [1.807, 2.05) is 0 Å². The zero-order valence-corrected chi connectivity index (χ0v) is 6.16. The van der Waals surface area contributed by atoms with Crippen LogP contribution in [0.2, 0.25) is 0 Å². The highest BCUT2D eigenvalue weighted by molar-refractivity contribution is 5.06. The Labute approximate surface area is 61.4 Å². The Hall–Kier alpha value is -0.0400. The van der Waals surface area contributed by atoms with Crippen molar-refractivity contribution in [3.05, 3.63) is 0 Å². The highest BCUT2D eigenvalue weighted by Crippen LogP contribution is 2.62. The predicted molar refractivity (Wildman–Crippen MR) is 38.4 cm³/mol. The van der Waals surface area contributed by atoms with Crippen molar-refractivity contribution in [1.82, 2.24) is 0 Å². The molecule has 0 aromatic heterocycles. The minimum absolute atomic E-state index is 0.0856. The molecule has 5 atom stereocenters. The van der Waals surface area contributed by atoms with Crippen LogP contribution >= 0.6 is 0 Å². The minimum atomic E-state index is 0.0856. The Morgan fingerprint density at radius 1 is 0.900 bits per heavy atom. The fourth-order valence-corrected chi connectivity index (χ4v) is 3.36. The quantitative estimate of drug-likeness (QED) is 0.536. The molecule has 10 heavy (non-hydrogen) atoms. The lowest BCUT2D eigenvalue weighted by Gasteiger charge is -2.39. The number of hydrogen-bond donors (Lipinski definition) is 1. The molecule has 1 heteroatoms. The molecule has 0 unspecified atom stereocenters. The second kappa shape index (κ2) is 1.58. The molecule has 1 N–H and O–H groups in total. The van der Waals surface area contributed by atoms with Gasteiger partial charge in [0.15, 0.2) is 0 Å². The van der Waals surface area contributed by atoms with Crippen LogP contribution in [0.1, 0.15) is 25.7 Å². The van der Waals surface area contributed by atoms with Gasteiger partial charge < -0.3 is 5.11 Å². The second-order valence-electron chi connectivity index (χ2n) is 4.37. The van der Waals surface area contributed by atoms with Gasteiger partial charge in [0.25, 0.3) is 0 Å². The van der Waals surface area contributed by atoms with E-state index in [1.165, 1.54) is 19.3 Å². The van der Waals surface area contributed by atoms with Crippen molar-refractivity contribution in [1.29, 1.82) is 0 Å². The summed E-state index contributed by atoms with van der Waals surface area (Å²) in [5, 5.41) is 9.60. The molecule has 4 aliphatic carbocycles. The Bertz CT molecular complexity index is 164. The maximum absolute atomic E-state index is 9.60. The van der Waals surface area contributed by atoms with Crippen LogP contribution in [0.15, 0.2) is 0 Å². The third kappa shape index (κ3) is 0.531. The highest BCUT2D eigenvalue weighted by Gasteiger charge is 2.56. The number of aliphatic hydroxyl groups is 1. The zero-order chi connectivity index (χ0) is 6.72. The van der Waals surface area contributed by atoms with E-state index >= 15 is 0 Å². The number of hydrogen-bond acceptors (Lipinski definition) is 1. The first kappa shape index (κ1) is 5.59. The van der Waals surface area contributed by atoms with Gasteiger partial charge in [-0.3, -0.25) is 0 Å². The van der Waals surface area contributed by atoms with Crippen molar-refractivity contribution in [2.24, 2.45) is 23.7 Å². The average molecular weight is 138 g/mol. The van der Waals surface area contributed by atoms with Gasteiger partial charge in [0, 0.05) is 0 Å². The van der Waals surface area contributed by atoms with Crippen molar-refractivity contribution < 1.29 is 5.11 Å². The number of aliphatic hydroxyl groups excluding tert-OH is 1. The molecule has 0 radical (unpaired) electrons. The Morgan fingerprint density at radius 3 is 2.40 bits per heavy atom. The van der Waals surface area contributed by atoms with Gasteiger partial charge in [-0.25, -0.2) is 0 Å². The fourth-order valence-electron chi connectivity index (χ4n) is 3.36. The molecule has 0 aliphatic heterocycles. The summed E-state index contributed by atoms with van der Waals surface area (Å²) < 4.78 is 0. The first-order valence-corrected chi connectivity index (χ1v) is 4.54. The lowest BCUT2D eigenvalue weighted by molar-refractivity contribution is -0.00514. The maximum atomic E-state index is 9.60. The van der Waals surface area contributed by atoms with Gasteiger partial charge in [0.1, 0.15) is 0 Å². The molecule has 0 aromatic rings. The Morgan fingerprint density at radius 2 is 1.80 bits per heavy atom. The van der Waals surface area contributed by atoms with Gasteiger partial charge in [-0.15, -0.1) is 0 Å². The van der Waals surface area contributed by atoms with E-state index in [9.17, 15) is 5.11 Å². The van der Waals surface area contributed by atoms with Crippen molar-refractivity contribution >= 4 is 0 Å². The average Bonchev–Trinajstić information content (AvgIpc) is 2.66. The van der Waals surface area contributed by atoms with E-state index in [0.717, 1.165) is 30.1 Å². The Balaban J connectivity index is 1.92. The summed E-state index contributed by atoms with van der Waals surface area (Å²) in [6.45, 7) is 0. The first-order valence-electron chi connectivity index (χ1n) is 4.54. The Kier molecular flexibility index (Phi) is 0.883. The molecular weight excluding hydrogens is 124 g/mol. The molecule has 4 saturated carbocycles. The highest BCUT2D eigenvalue weighted by atomic mass is 16.3. The molecule has 4 fully saturated rings. The van der Waals surface area contributed by atoms with Crippen LogP contribution in [0.5, 0.6) is 0 Å².